The molecule has 0 saturated carbocycles. The van der Waals surface area contributed by atoms with Crippen LogP contribution in [0.4, 0.5) is 5.69 Å². The number of rotatable bonds is 2. The molecule has 0 atom stereocenters. The number of aromatic nitrogens is 1. The third-order valence-electron chi connectivity index (χ3n) is 3.60. The highest BCUT2D eigenvalue weighted by Gasteiger charge is 2.33. The number of allylic oxidation sites excluding steroid dienone is 1. The number of ketones is 2. The van der Waals surface area contributed by atoms with E-state index in [-0.39, 0.29) is 28.7 Å². The number of hydrogen-bond acceptors (Lipinski definition) is 3. The third kappa shape index (κ3) is 1.98. The first-order valence-electron chi connectivity index (χ1n) is 6.79. The third-order valence-corrected chi connectivity index (χ3v) is 3.60. The summed E-state index contributed by atoms with van der Waals surface area (Å²) in [7, 11) is 0. The molecule has 0 bridgehead atoms. The summed E-state index contributed by atoms with van der Waals surface area (Å²) in [6.07, 6.45) is 0. The second-order valence-corrected chi connectivity index (χ2v) is 5.32. The lowest BCUT2D eigenvalue weighted by atomic mass is 9.87. The lowest BCUT2D eigenvalue weighted by molar-refractivity contribution is -0.114. The van der Waals surface area contributed by atoms with Gasteiger partial charge in [0.25, 0.3) is 0 Å². The van der Waals surface area contributed by atoms with E-state index >= 15 is 0 Å². The second-order valence-electron chi connectivity index (χ2n) is 5.32. The van der Waals surface area contributed by atoms with Crippen LogP contribution in [0.2, 0.25) is 0 Å². The van der Waals surface area contributed by atoms with Crippen molar-refractivity contribution in [2.45, 2.75) is 13.8 Å². The van der Waals surface area contributed by atoms with Gasteiger partial charge < -0.3 is 10.3 Å². The molecule has 0 unspecified atom stereocenters. The van der Waals surface area contributed by atoms with Crippen molar-refractivity contribution < 1.29 is 14.4 Å². The molecule has 22 heavy (non-hydrogen) atoms. The van der Waals surface area contributed by atoms with E-state index in [2.05, 4.69) is 16.9 Å². The van der Waals surface area contributed by atoms with E-state index in [9.17, 15) is 14.4 Å². The molecule has 1 heterocycles. The number of nitrogens with one attached hydrogen (secondary N) is 2. The van der Waals surface area contributed by atoms with E-state index in [1.54, 1.807) is 31.2 Å². The van der Waals surface area contributed by atoms with Crippen LogP contribution < -0.4 is 5.32 Å². The van der Waals surface area contributed by atoms with E-state index in [1.807, 2.05) is 0 Å². The summed E-state index contributed by atoms with van der Waals surface area (Å²) >= 11 is 0. The predicted octanol–water partition coefficient (Wildman–Crippen LogP) is 2.78. The summed E-state index contributed by atoms with van der Waals surface area (Å²) in [6, 6.07) is 6.49. The van der Waals surface area contributed by atoms with E-state index in [0.29, 0.717) is 22.5 Å². The number of carbonyl (C=O) groups is 3. The molecule has 0 radical (unpaired) electrons. The fourth-order valence-corrected chi connectivity index (χ4v) is 2.59. The van der Waals surface area contributed by atoms with E-state index in [1.165, 1.54) is 6.92 Å². The van der Waals surface area contributed by atoms with Crippen molar-refractivity contribution in [3.63, 3.8) is 0 Å². The minimum absolute atomic E-state index is 0.227. The molecule has 0 saturated heterocycles. The first-order chi connectivity index (χ1) is 10.4. The molecule has 1 amide bonds. The minimum atomic E-state index is -0.304. The van der Waals surface area contributed by atoms with Gasteiger partial charge in [-0.25, -0.2) is 0 Å². The van der Waals surface area contributed by atoms with Crippen LogP contribution in [0, 0.1) is 0 Å². The van der Waals surface area contributed by atoms with E-state index in [0.717, 1.165) is 5.57 Å². The zero-order chi connectivity index (χ0) is 16.0. The van der Waals surface area contributed by atoms with Crippen LogP contribution in [-0.4, -0.2) is 22.5 Å². The summed E-state index contributed by atoms with van der Waals surface area (Å²) in [5.41, 5.74) is 2.85. The van der Waals surface area contributed by atoms with Gasteiger partial charge in [-0.05, 0) is 24.6 Å². The molecule has 1 aliphatic rings. The Balaban J connectivity index is 2.22. The number of amides is 1. The molecule has 1 aromatic carbocycles. The van der Waals surface area contributed by atoms with Crippen molar-refractivity contribution >= 4 is 28.7 Å². The molecule has 1 aromatic heterocycles. The Bertz CT molecular complexity index is 859. The Morgan fingerprint density at radius 3 is 2.50 bits per heavy atom. The number of fused-ring (bicyclic) bond motifs is 2. The molecule has 0 fully saturated rings. The van der Waals surface area contributed by atoms with Crippen LogP contribution in [0.1, 0.15) is 51.5 Å². The maximum absolute atomic E-state index is 12.7. The summed E-state index contributed by atoms with van der Waals surface area (Å²) in [5.74, 6) is -0.837. The Morgan fingerprint density at radius 2 is 1.86 bits per heavy atom. The molecular formula is C17H14N2O3. The smallest absolute Gasteiger partial charge is 0.221 e. The number of hydrogen-bond donors (Lipinski definition) is 2. The monoisotopic (exact) mass is 294 g/mol. The fourth-order valence-electron chi connectivity index (χ4n) is 2.59. The zero-order valence-electron chi connectivity index (χ0n) is 12.2. The summed E-state index contributed by atoms with van der Waals surface area (Å²) in [4.78, 5) is 39.6. The van der Waals surface area contributed by atoms with Crippen molar-refractivity contribution in [1.82, 2.24) is 4.98 Å². The SMILES string of the molecule is C=C(C)c1cc2c([nH]1)C(=O)c1c(NC(C)=O)cccc1C2=O. The Labute approximate surface area is 127 Å². The first kappa shape index (κ1) is 14.0. The fraction of sp³-hybridized carbons (Fsp3) is 0.118. The van der Waals surface area contributed by atoms with Gasteiger partial charge in [0.15, 0.2) is 5.78 Å². The Hall–Kier alpha value is -2.95. The first-order valence-corrected chi connectivity index (χ1v) is 6.79. The highest BCUT2D eigenvalue weighted by atomic mass is 16.2. The lowest BCUT2D eigenvalue weighted by Crippen LogP contribution is -2.22. The van der Waals surface area contributed by atoms with Gasteiger partial charge in [-0.15, -0.1) is 0 Å². The normalized spacial score (nSPS) is 12.6. The van der Waals surface area contributed by atoms with Gasteiger partial charge in [0.05, 0.1) is 22.5 Å². The summed E-state index contributed by atoms with van der Waals surface area (Å²) in [6.45, 7) is 6.96. The predicted molar refractivity (Wildman–Crippen MR) is 83.1 cm³/mol. The van der Waals surface area contributed by atoms with Crippen molar-refractivity contribution in [3.8, 4) is 0 Å². The van der Waals surface area contributed by atoms with Gasteiger partial charge in [-0.3, -0.25) is 14.4 Å². The number of carbonyl (C=O) groups excluding carboxylic acids is 3. The quantitative estimate of drug-likeness (QED) is 0.762. The van der Waals surface area contributed by atoms with Crippen LogP contribution in [0.5, 0.6) is 0 Å². The molecular weight excluding hydrogens is 280 g/mol. The van der Waals surface area contributed by atoms with Crippen molar-refractivity contribution in [2.24, 2.45) is 0 Å². The second kappa shape index (κ2) is 4.80. The molecule has 2 aromatic rings. The highest BCUT2D eigenvalue weighted by molar-refractivity contribution is 6.30. The number of aromatic amines is 1. The molecule has 5 nitrogen and oxygen atoms in total. The summed E-state index contributed by atoms with van der Waals surface area (Å²) < 4.78 is 0. The molecule has 1 aliphatic carbocycles. The molecule has 5 heteroatoms. The van der Waals surface area contributed by atoms with Gasteiger partial charge in [-0.1, -0.05) is 18.7 Å². The molecule has 3 rings (SSSR count). The van der Waals surface area contributed by atoms with Crippen molar-refractivity contribution in [2.75, 3.05) is 5.32 Å². The average molecular weight is 294 g/mol. The minimum Gasteiger partial charge on any atom is -0.351 e. The van der Waals surface area contributed by atoms with Crippen LogP contribution in [0.25, 0.3) is 5.57 Å². The molecule has 2 N–H and O–H groups in total. The Kier molecular flexibility index (Phi) is 3.06. The Morgan fingerprint density at radius 1 is 1.14 bits per heavy atom. The number of benzene rings is 1. The molecule has 0 aliphatic heterocycles. The van der Waals surface area contributed by atoms with Crippen LogP contribution in [0.3, 0.4) is 0 Å². The number of H-pyrrole nitrogens is 1. The van der Waals surface area contributed by atoms with Crippen molar-refractivity contribution in [1.29, 1.82) is 0 Å². The lowest BCUT2D eigenvalue weighted by Gasteiger charge is -2.17. The van der Waals surface area contributed by atoms with Gasteiger partial charge in [0, 0.05) is 18.2 Å². The van der Waals surface area contributed by atoms with Crippen LogP contribution in [-0.2, 0) is 4.79 Å². The largest absolute Gasteiger partial charge is 0.351 e. The molecule has 0 spiro atoms. The standard InChI is InChI=1S/C17H14N2O3/c1-8(2)13-7-11-15(19-13)17(22)14-10(16(11)21)5-4-6-12(14)18-9(3)20/h4-7,19H,1H2,2-3H3,(H,18,20). The summed E-state index contributed by atoms with van der Waals surface area (Å²) in [5, 5.41) is 2.60. The highest BCUT2D eigenvalue weighted by Crippen LogP contribution is 2.33. The van der Waals surface area contributed by atoms with Gasteiger partial charge in [-0.2, -0.15) is 0 Å². The van der Waals surface area contributed by atoms with Gasteiger partial charge in [0.2, 0.25) is 11.7 Å². The van der Waals surface area contributed by atoms with Crippen LogP contribution >= 0.6 is 0 Å². The molecule has 110 valence electrons. The van der Waals surface area contributed by atoms with Gasteiger partial charge >= 0.3 is 0 Å². The van der Waals surface area contributed by atoms with Crippen molar-refractivity contribution in [3.05, 3.63) is 58.9 Å². The average Bonchev–Trinajstić information content (AvgIpc) is 2.90. The number of anilines is 1. The maximum Gasteiger partial charge on any atom is 0.221 e. The topological polar surface area (TPSA) is 79.0 Å². The van der Waals surface area contributed by atoms with Crippen LogP contribution in [0.15, 0.2) is 30.8 Å². The van der Waals surface area contributed by atoms with Gasteiger partial charge in [0.1, 0.15) is 0 Å². The maximum atomic E-state index is 12.7. The van der Waals surface area contributed by atoms with E-state index < -0.39 is 0 Å². The van der Waals surface area contributed by atoms with E-state index in [4.69, 9.17) is 0 Å². The zero-order valence-corrected chi connectivity index (χ0v) is 12.2.